The predicted octanol–water partition coefficient (Wildman–Crippen LogP) is 1.04. The zero-order valence-corrected chi connectivity index (χ0v) is 16.0. The third-order valence-corrected chi connectivity index (χ3v) is 3.85. The van der Waals surface area contributed by atoms with Gasteiger partial charge in [0.1, 0.15) is 6.10 Å². The summed E-state index contributed by atoms with van der Waals surface area (Å²) in [5, 5.41) is 12.9. The fourth-order valence-corrected chi connectivity index (χ4v) is 3.05. The quantitative estimate of drug-likeness (QED) is 0.365. The Bertz CT molecular complexity index is 509. The summed E-state index contributed by atoms with van der Waals surface area (Å²) in [6.45, 7) is 3.82. The number of halogens is 1. The minimum absolute atomic E-state index is 0. The van der Waals surface area contributed by atoms with Gasteiger partial charge in [0.25, 0.3) is 0 Å². The fraction of sp³-hybridized carbons (Fsp3) is 0.692. The first-order valence-corrected chi connectivity index (χ1v) is 6.92. The molecule has 0 bridgehead atoms. The van der Waals surface area contributed by atoms with Crippen LogP contribution >= 0.6 is 11.6 Å². The van der Waals surface area contributed by atoms with Gasteiger partial charge < -0.3 is 35.9 Å². The van der Waals surface area contributed by atoms with Crippen molar-refractivity contribution in [2.75, 3.05) is 11.9 Å². The van der Waals surface area contributed by atoms with Gasteiger partial charge in [0.2, 0.25) is 0 Å². The van der Waals surface area contributed by atoms with Gasteiger partial charge in [0.15, 0.2) is 5.79 Å². The minimum atomic E-state index is -0.637. The summed E-state index contributed by atoms with van der Waals surface area (Å²) in [7, 11) is 0. The first-order chi connectivity index (χ1) is 9.48. The molecule has 1 saturated heterocycles. The Kier molecular flexibility index (Phi) is 7.32. The van der Waals surface area contributed by atoms with Gasteiger partial charge in [-0.2, -0.15) is 22.6 Å². The predicted molar refractivity (Wildman–Crippen MR) is 71.1 cm³/mol. The summed E-state index contributed by atoms with van der Waals surface area (Å²) < 4.78 is 11.8. The molecule has 1 aromatic heterocycles. The van der Waals surface area contributed by atoms with Crippen LogP contribution < -0.4 is 5.32 Å². The van der Waals surface area contributed by atoms with Crippen LogP contribution in [0.1, 0.15) is 20.3 Å². The van der Waals surface area contributed by atoms with E-state index in [1.807, 2.05) is 13.8 Å². The smallest absolute Gasteiger partial charge is 0.163 e. The van der Waals surface area contributed by atoms with Crippen LogP contribution in [0.5, 0.6) is 0 Å². The Labute approximate surface area is 160 Å². The molecule has 0 amide bonds. The van der Waals surface area contributed by atoms with Crippen molar-refractivity contribution < 1.29 is 53.5 Å². The van der Waals surface area contributed by atoms with Crippen molar-refractivity contribution in [1.82, 2.24) is 9.97 Å². The molecule has 22 heavy (non-hydrogen) atoms. The average Bonchev–Trinajstić information content (AvgIpc) is 2.84. The standard InChI is InChI=1S/C13H16ClN3O3.2Rh/c1-13(2)19-11-7(5-18)3-8(12(11)20-13)17-10-4-9(14)15-6-16-10;;/h7-8,11-12,18H,3,5H2,1-2H3,(H,15,16,17);;/q-2;;/t7-,8-,11-,12+;;/m1../s1. The number of rotatable bonds is 3. The van der Waals surface area contributed by atoms with Crippen molar-refractivity contribution in [2.24, 2.45) is 5.92 Å². The van der Waals surface area contributed by atoms with E-state index in [0.717, 1.165) is 6.42 Å². The molecule has 2 aliphatic rings. The van der Waals surface area contributed by atoms with Crippen molar-refractivity contribution in [2.45, 2.75) is 44.3 Å². The van der Waals surface area contributed by atoms with Crippen molar-refractivity contribution in [3.8, 4) is 0 Å². The van der Waals surface area contributed by atoms with Gasteiger partial charge >= 0.3 is 0 Å². The third-order valence-electron chi connectivity index (χ3n) is 3.67. The van der Waals surface area contributed by atoms with Gasteiger partial charge in [0.05, 0.1) is 6.10 Å². The number of fused-ring (bicyclic) bond motifs is 1. The van der Waals surface area contributed by atoms with Gasteiger partial charge in [-0.1, -0.05) is 0 Å². The summed E-state index contributed by atoms with van der Waals surface area (Å²) in [5.41, 5.74) is 0. The summed E-state index contributed by atoms with van der Waals surface area (Å²) in [4.78, 5) is 7.63. The number of aromatic nitrogens is 2. The van der Waals surface area contributed by atoms with Gasteiger partial charge in [-0.05, 0) is 20.3 Å². The molecule has 2 radical (unpaired) electrons. The van der Waals surface area contributed by atoms with Crippen molar-refractivity contribution in [3.63, 3.8) is 0 Å². The Balaban J connectivity index is 0.00000121. The summed E-state index contributed by atoms with van der Waals surface area (Å²) >= 11 is 5.77. The van der Waals surface area contributed by atoms with E-state index in [1.165, 1.54) is 0 Å². The maximum Gasteiger partial charge on any atom is 0.163 e. The van der Waals surface area contributed by atoms with Crippen LogP contribution in [0.4, 0.5) is 5.82 Å². The molecule has 2 heterocycles. The van der Waals surface area contributed by atoms with E-state index in [9.17, 15) is 5.11 Å². The number of hydrogen-bond acceptors (Lipinski definition) is 6. The second-order valence-electron chi connectivity index (χ2n) is 5.58. The molecular formula is C13H16ClN3O3Rh2-2. The van der Waals surface area contributed by atoms with E-state index in [4.69, 9.17) is 21.1 Å². The molecule has 0 aromatic carbocycles. The van der Waals surface area contributed by atoms with Crippen molar-refractivity contribution in [3.05, 3.63) is 17.5 Å². The van der Waals surface area contributed by atoms with E-state index < -0.39 is 5.79 Å². The molecule has 0 spiro atoms. The minimum Gasteiger partial charge on any atom is -0.533 e. The third kappa shape index (κ3) is 4.22. The number of aliphatic hydroxyl groups excluding tert-OH is 1. The van der Waals surface area contributed by atoms with Gasteiger partial charge in [-0.3, -0.25) is 0 Å². The summed E-state index contributed by atoms with van der Waals surface area (Å²) in [5.74, 6) is -0.122. The van der Waals surface area contributed by atoms with E-state index in [2.05, 4.69) is 27.7 Å². The van der Waals surface area contributed by atoms with Crippen LogP contribution in [0, 0.1) is 18.3 Å². The largest absolute Gasteiger partial charge is 0.533 e. The summed E-state index contributed by atoms with van der Waals surface area (Å²) in [6.07, 6.45) is 2.94. The van der Waals surface area contributed by atoms with Crippen molar-refractivity contribution in [1.29, 1.82) is 0 Å². The molecule has 128 valence electrons. The fourth-order valence-electron chi connectivity index (χ4n) is 2.92. The molecule has 1 aromatic rings. The topological polar surface area (TPSA) is 76.5 Å². The Morgan fingerprint density at radius 3 is 2.64 bits per heavy atom. The van der Waals surface area contributed by atoms with Crippen molar-refractivity contribution >= 4 is 17.4 Å². The molecule has 4 atom stereocenters. The van der Waals surface area contributed by atoms with E-state index in [-0.39, 0.29) is 74.9 Å². The second kappa shape index (κ2) is 7.91. The zero-order valence-electron chi connectivity index (χ0n) is 11.9. The molecule has 1 aliphatic heterocycles. The second-order valence-corrected chi connectivity index (χ2v) is 5.94. The van der Waals surface area contributed by atoms with Crippen LogP contribution in [0.25, 0.3) is 0 Å². The Morgan fingerprint density at radius 2 is 2.00 bits per heavy atom. The first-order valence-electron chi connectivity index (χ1n) is 6.54. The Morgan fingerprint density at radius 1 is 1.32 bits per heavy atom. The van der Waals surface area contributed by atoms with E-state index >= 15 is 0 Å². The molecule has 1 saturated carbocycles. The van der Waals surface area contributed by atoms with Crippen LogP contribution in [0.3, 0.4) is 0 Å². The Hall–Kier alpha value is 0.297. The first kappa shape index (κ1) is 20.3. The molecule has 3 rings (SSSR count). The summed E-state index contributed by atoms with van der Waals surface area (Å²) in [6, 6.07) is 2.79. The number of hydrogen-bond donors (Lipinski definition) is 2. The van der Waals surface area contributed by atoms with Gasteiger partial charge in [-0.15, -0.1) is 0 Å². The molecule has 2 fully saturated rings. The van der Waals surface area contributed by atoms with Crippen LogP contribution in [-0.4, -0.2) is 45.7 Å². The number of nitrogens with zero attached hydrogens (tertiary/aromatic N) is 2. The number of anilines is 1. The monoisotopic (exact) mass is 503 g/mol. The maximum atomic E-state index is 9.49. The maximum absolute atomic E-state index is 9.49. The molecule has 1 aliphatic carbocycles. The molecule has 0 unspecified atom stereocenters. The van der Waals surface area contributed by atoms with E-state index in [1.54, 1.807) is 0 Å². The zero-order chi connectivity index (χ0) is 14.3. The van der Waals surface area contributed by atoms with Crippen LogP contribution in [-0.2, 0) is 48.4 Å². The molecule has 2 N–H and O–H groups in total. The molecule has 9 heteroatoms. The molecular weight excluding hydrogens is 487 g/mol. The van der Waals surface area contributed by atoms with Crippen LogP contribution in [0.2, 0.25) is 5.15 Å². The molecule has 6 nitrogen and oxygen atoms in total. The SMILES string of the molecule is CC1(C)O[C@@H]2[C@@H](CO)C[C@@H](Nc3[c-]c(Cl)n[c-]n3)[C@@H]2O1.[Rh].[Rh]. The number of ether oxygens (including phenoxy) is 2. The normalized spacial score (nSPS) is 31.8. The van der Waals surface area contributed by atoms with Gasteiger partial charge in [0, 0.05) is 63.8 Å². The number of nitrogens with one attached hydrogen (secondary N) is 1. The van der Waals surface area contributed by atoms with Crippen LogP contribution in [0.15, 0.2) is 0 Å². The van der Waals surface area contributed by atoms with Gasteiger partial charge in [-0.25, -0.2) is 0 Å². The van der Waals surface area contributed by atoms with E-state index in [0.29, 0.717) is 5.82 Å². The average molecular weight is 504 g/mol. The number of aliphatic hydroxyl groups is 1.